The Kier molecular flexibility index (Phi) is 3.95. The predicted octanol–water partition coefficient (Wildman–Crippen LogP) is 6.96. The van der Waals surface area contributed by atoms with Crippen LogP contribution in [-0.2, 0) is 0 Å². The van der Waals surface area contributed by atoms with Gasteiger partial charge in [-0.3, -0.25) is 9.97 Å². The maximum atomic E-state index is 10.7. The first-order valence-electron chi connectivity index (χ1n) is 9.92. The van der Waals surface area contributed by atoms with Crippen molar-refractivity contribution in [1.82, 2.24) is 15.0 Å². The van der Waals surface area contributed by atoms with Crippen molar-refractivity contribution in [3.8, 4) is 28.1 Å². The number of aromatic nitrogens is 3. The van der Waals surface area contributed by atoms with E-state index in [-0.39, 0.29) is 5.88 Å². The van der Waals surface area contributed by atoms with Crippen LogP contribution in [0.3, 0.4) is 0 Å². The molecular formula is C26H16ClN3O. The van der Waals surface area contributed by atoms with E-state index in [1.165, 1.54) is 0 Å². The number of aromatic hydroxyl groups is 1. The molecule has 0 radical (unpaired) electrons. The third kappa shape index (κ3) is 2.92. The van der Waals surface area contributed by atoms with Gasteiger partial charge < -0.3 is 10.1 Å². The van der Waals surface area contributed by atoms with Crippen molar-refractivity contribution in [2.75, 3.05) is 0 Å². The van der Waals surface area contributed by atoms with Gasteiger partial charge in [-0.15, -0.1) is 0 Å². The van der Waals surface area contributed by atoms with Gasteiger partial charge >= 0.3 is 0 Å². The molecule has 0 amide bonds. The highest BCUT2D eigenvalue weighted by Crippen LogP contribution is 2.41. The number of aromatic amines is 1. The van der Waals surface area contributed by atoms with E-state index >= 15 is 0 Å². The van der Waals surface area contributed by atoms with Crippen molar-refractivity contribution in [2.24, 2.45) is 0 Å². The van der Waals surface area contributed by atoms with Crippen LogP contribution in [0.25, 0.3) is 55.0 Å². The molecule has 0 aliphatic heterocycles. The van der Waals surface area contributed by atoms with Crippen LogP contribution in [0.15, 0.2) is 85.2 Å². The Morgan fingerprint density at radius 1 is 0.742 bits per heavy atom. The molecule has 4 nitrogen and oxygen atoms in total. The standard InChI is InChI=1S/C26H16ClN3O/c27-19-8-5-15(6-9-19)24-25-20-12-16(7-10-22(20)29-14-23(25)30-26(24)31)18-11-17-3-1-2-4-21(17)28-13-18/h1-14,30-31H. The molecule has 3 heterocycles. The Morgan fingerprint density at radius 2 is 1.52 bits per heavy atom. The number of halogens is 1. The highest BCUT2D eigenvalue weighted by molar-refractivity contribution is 6.30. The van der Waals surface area contributed by atoms with Crippen LogP contribution in [0.5, 0.6) is 5.88 Å². The lowest BCUT2D eigenvalue weighted by atomic mass is 9.98. The molecule has 2 N–H and O–H groups in total. The molecule has 0 fully saturated rings. The summed E-state index contributed by atoms with van der Waals surface area (Å²) in [4.78, 5) is 12.2. The minimum absolute atomic E-state index is 0.115. The second-order valence-corrected chi connectivity index (χ2v) is 7.99. The van der Waals surface area contributed by atoms with E-state index in [0.717, 1.165) is 55.0 Å². The predicted molar refractivity (Wildman–Crippen MR) is 126 cm³/mol. The normalized spacial score (nSPS) is 11.5. The molecule has 0 aliphatic carbocycles. The first-order valence-corrected chi connectivity index (χ1v) is 10.3. The van der Waals surface area contributed by atoms with E-state index < -0.39 is 0 Å². The van der Waals surface area contributed by atoms with Gasteiger partial charge in [-0.25, -0.2) is 0 Å². The summed E-state index contributed by atoms with van der Waals surface area (Å²) in [6.45, 7) is 0. The smallest absolute Gasteiger partial charge is 0.197 e. The van der Waals surface area contributed by atoms with Crippen molar-refractivity contribution < 1.29 is 5.11 Å². The summed E-state index contributed by atoms with van der Waals surface area (Å²) < 4.78 is 0. The topological polar surface area (TPSA) is 61.8 Å². The minimum atomic E-state index is 0.115. The van der Waals surface area contributed by atoms with Gasteiger partial charge in [-0.05, 0) is 47.5 Å². The van der Waals surface area contributed by atoms with Crippen LogP contribution in [-0.4, -0.2) is 20.1 Å². The zero-order valence-corrected chi connectivity index (χ0v) is 17.1. The second kappa shape index (κ2) is 6.83. The van der Waals surface area contributed by atoms with Gasteiger partial charge in [-0.2, -0.15) is 0 Å². The van der Waals surface area contributed by atoms with Crippen molar-refractivity contribution in [3.63, 3.8) is 0 Å². The molecule has 3 aromatic carbocycles. The lowest BCUT2D eigenvalue weighted by Crippen LogP contribution is -1.86. The molecule has 5 heteroatoms. The summed E-state index contributed by atoms with van der Waals surface area (Å²) in [5.41, 5.74) is 6.32. The Hall–Kier alpha value is -3.89. The van der Waals surface area contributed by atoms with Gasteiger partial charge in [0.2, 0.25) is 0 Å². The molecule has 6 rings (SSSR count). The van der Waals surface area contributed by atoms with Crippen LogP contribution in [0, 0.1) is 0 Å². The number of H-pyrrole nitrogens is 1. The minimum Gasteiger partial charge on any atom is -0.494 e. The average molecular weight is 422 g/mol. The van der Waals surface area contributed by atoms with Crippen LogP contribution in [0.1, 0.15) is 0 Å². The number of para-hydroxylation sites is 1. The van der Waals surface area contributed by atoms with E-state index in [4.69, 9.17) is 11.6 Å². The third-order valence-electron chi connectivity index (χ3n) is 5.66. The molecule has 0 saturated carbocycles. The quantitative estimate of drug-likeness (QED) is 0.317. The van der Waals surface area contributed by atoms with Gasteiger partial charge in [0, 0.05) is 32.9 Å². The lowest BCUT2D eigenvalue weighted by Gasteiger charge is -2.08. The lowest BCUT2D eigenvalue weighted by molar-refractivity contribution is 0.460. The highest BCUT2D eigenvalue weighted by Gasteiger charge is 2.17. The second-order valence-electron chi connectivity index (χ2n) is 7.55. The molecule has 0 unspecified atom stereocenters. The molecule has 148 valence electrons. The average Bonchev–Trinajstić information content (AvgIpc) is 3.15. The number of pyridine rings is 2. The molecule has 0 bridgehead atoms. The number of rotatable bonds is 2. The number of fused-ring (bicyclic) bond motifs is 4. The Balaban J connectivity index is 1.62. The summed E-state index contributed by atoms with van der Waals surface area (Å²) in [6, 6.07) is 23.9. The number of benzene rings is 3. The summed E-state index contributed by atoms with van der Waals surface area (Å²) in [5.74, 6) is 0.115. The summed E-state index contributed by atoms with van der Waals surface area (Å²) >= 11 is 6.07. The van der Waals surface area contributed by atoms with E-state index in [1.54, 1.807) is 6.20 Å². The summed E-state index contributed by atoms with van der Waals surface area (Å²) in [6.07, 6.45) is 3.65. The Bertz CT molecular complexity index is 1600. The van der Waals surface area contributed by atoms with E-state index in [1.807, 2.05) is 54.7 Å². The Labute approximate surface area is 182 Å². The fraction of sp³-hybridized carbons (Fsp3) is 0. The maximum absolute atomic E-state index is 10.7. The first-order chi connectivity index (χ1) is 15.2. The summed E-state index contributed by atoms with van der Waals surface area (Å²) in [5, 5.41) is 14.3. The number of nitrogens with zero attached hydrogens (tertiary/aromatic N) is 2. The molecule has 6 aromatic rings. The number of nitrogens with one attached hydrogen (secondary N) is 1. The molecule has 0 saturated heterocycles. The van der Waals surface area contributed by atoms with Gasteiger partial charge in [0.05, 0.1) is 28.3 Å². The van der Waals surface area contributed by atoms with Crippen molar-refractivity contribution in [2.45, 2.75) is 0 Å². The fourth-order valence-corrected chi connectivity index (χ4v) is 4.30. The summed E-state index contributed by atoms with van der Waals surface area (Å²) in [7, 11) is 0. The number of hydrogen-bond acceptors (Lipinski definition) is 3. The molecule has 3 aromatic heterocycles. The third-order valence-corrected chi connectivity index (χ3v) is 5.92. The van der Waals surface area contributed by atoms with Crippen LogP contribution in [0.4, 0.5) is 0 Å². The first kappa shape index (κ1) is 17.9. The van der Waals surface area contributed by atoms with E-state index in [9.17, 15) is 5.11 Å². The van der Waals surface area contributed by atoms with Crippen LogP contribution in [0.2, 0.25) is 5.02 Å². The van der Waals surface area contributed by atoms with Crippen molar-refractivity contribution >= 4 is 44.3 Å². The number of hydrogen-bond donors (Lipinski definition) is 2. The monoisotopic (exact) mass is 421 g/mol. The van der Waals surface area contributed by atoms with E-state index in [2.05, 4.69) is 39.2 Å². The fourth-order valence-electron chi connectivity index (χ4n) is 4.17. The van der Waals surface area contributed by atoms with Gasteiger partial charge in [0.1, 0.15) is 0 Å². The van der Waals surface area contributed by atoms with Gasteiger partial charge in [0.15, 0.2) is 5.88 Å². The highest BCUT2D eigenvalue weighted by atomic mass is 35.5. The van der Waals surface area contributed by atoms with Gasteiger partial charge in [0.25, 0.3) is 0 Å². The molecule has 0 atom stereocenters. The Morgan fingerprint density at radius 3 is 2.39 bits per heavy atom. The zero-order valence-electron chi connectivity index (χ0n) is 16.3. The molecule has 0 aliphatic rings. The largest absolute Gasteiger partial charge is 0.494 e. The SMILES string of the molecule is Oc1[nH]c2cnc3ccc(-c4cnc5ccccc5c4)cc3c2c1-c1ccc(Cl)cc1. The van der Waals surface area contributed by atoms with Crippen LogP contribution < -0.4 is 0 Å². The van der Waals surface area contributed by atoms with Crippen molar-refractivity contribution in [3.05, 3.63) is 90.2 Å². The van der Waals surface area contributed by atoms with Crippen LogP contribution >= 0.6 is 11.6 Å². The maximum Gasteiger partial charge on any atom is 0.197 e. The molecule has 0 spiro atoms. The zero-order chi connectivity index (χ0) is 20.9. The van der Waals surface area contributed by atoms with E-state index in [0.29, 0.717) is 5.02 Å². The van der Waals surface area contributed by atoms with Gasteiger partial charge in [-0.1, -0.05) is 48.0 Å². The molecule has 31 heavy (non-hydrogen) atoms. The van der Waals surface area contributed by atoms with Crippen molar-refractivity contribution in [1.29, 1.82) is 0 Å². The molecular weight excluding hydrogens is 406 g/mol.